The smallest absolute Gasteiger partial charge is 0.191 e. The molecule has 1 unspecified atom stereocenters. The molecular weight excluding hydrogens is 443 g/mol. The molecule has 0 aromatic heterocycles. The van der Waals surface area contributed by atoms with Gasteiger partial charge in [0.1, 0.15) is 0 Å². The number of anilines is 1. The number of halogens is 1. The Morgan fingerprint density at radius 3 is 2.72 bits per heavy atom. The van der Waals surface area contributed by atoms with Gasteiger partial charge >= 0.3 is 0 Å². The largest absolute Gasteiger partial charge is 0.372 e. The molecule has 142 valence electrons. The quantitative estimate of drug-likeness (QED) is 0.255. The summed E-state index contributed by atoms with van der Waals surface area (Å²) in [6, 6.07) is 9.14. The van der Waals surface area contributed by atoms with Crippen LogP contribution in [0.5, 0.6) is 0 Å². The zero-order valence-electron chi connectivity index (χ0n) is 15.8. The third-order valence-electron chi connectivity index (χ3n) is 4.49. The number of nitrogens with zero attached hydrogens (tertiary/aromatic N) is 2. The van der Waals surface area contributed by atoms with Gasteiger partial charge in [-0.2, -0.15) is 11.8 Å². The molecule has 1 aromatic carbocycles. The first-order chi connectivity index (χ1) is 11.7. The highest BCUT2D eigenvalue weighted by molar-refractivity contribution is 14.0. The van der Waals surface area contributed by atoms with Crippen molar-refractivity contribution in [1.82, 2.24) is 10.6 Å². The van der Waals surface area contributed by atoms with Crippen LogP contribution in [0.25, 0.3) is 0 Å². The van der Waals surface area contributed by atoms with Crippen molar-refractivity contribution in [2.45, 2.75) is 38.6 Å². The maximum Gasteiger partial charge on any atom is 0.191 e. The van der Waals surface area contributed by atoms with E-state index in [1.165, 1.54) is 55.8 Å². The van der Waals surface area contributed by atoms with Crippen LogP contribution in [0.15, 0.2) is 29.3 Å². The Labute approximate surface area is 174 Å². The molecule has 1 atom stereocenters. The van der Waals surface area contributed by atoms with Gasteiger partial charge in [-0.05, 0) is 62.3 Å². The molecule has 1 saturated heterocycles. The van der Waals surface area contributed by atoms with Gasteiger partial charge in [-0.15, -0.1) is 24.0 Å². The van der Waals surface area contributed by atoms with Gasteiger partial charge in [0.05, 0.1) is 6.04 Å². The lowest BCUT2D eigenvalue weighted by molar-refractivity contribution is 0.671. The van der Waals surface area contributed by atoms with Gasteiger partial charge in [0.25, 0.3) is 0 Å². The summed E-state index contributed by atoms with van der Waals surface area (Å²) in [6.45, 7) is 5.54. The average molecular weight is 476 g/mol. The summed E-state index contributed by atoms with van der Waals surface area (Å²) in [7, 11) is 1.84. The Morgan fingerprint density at radius 1 is 1.28 bits per heavy atom. The minimum atomic E-state index is 0. The first-order valence-electron chi connectivity index (χ1n) is 9.05. The van der Waals surface area contributed by atoms with Gasteiger partial charge in [0.2, 0.25) is 0 Å². The molecule has 2 rings (SSSR count). The molecule has 1 heterocycles. The van der Waals surface area contributed by atoms with Gasteiger partial charge in [-0.25, -0.2) is 0 Å². The average Bonchev–Trinajstić information content (AvgIpc) is 3.15. The molecule has 2 N–H and O–H groups in total. The fourth-order valence-electron chi connectivity index (χ4n) is 3.03. The van der Waals surface area contributed by atoms with Crippen molar-refractivity contribution < 1.29 is 0 Å². The van der Waals surface area contributed by atoms with Crippen molar-refractivity contribution in [3.05, 3.63) is 29.8 Å². The Hall–Kier alpha value is -0.630. The van der Waals surface area contributed by atoms with E-state index >= 15 is 0 Å². The SMILES string of the molecule is CN=C(NCCCCSC)NC(C)c1cccc(N2CCCC2)c1.I. The number of unbranched alkanes of at least 4 members (excludes halogenated alkanes) is 1. The maximum atomic E-state index is 4.35. The molecule has 1 fully saturated rings. The second-order valence-corrected chi connectivity index (χ2v) is 7.34. The van der Waals surface area contributed by atoms with Crippen LogP contribution >= 0.6 is 35.7 Å². The van der Waals surface area contributed by atoms with E-state index in [0.29, 0.717) is 0 Å². The molecule has 1 aliphatic heterocycles. The third-order valence-corrected chi connectivity index (χ3v) is 5.18. The van der Waals surface area contributed by atoms with Gasteiger partial charge in [0, 0.05) is 32.4 Å². The number of hydrogen-bond donors (Lipinski definition) is 2. The minimum Gasteiger partial charge on any atom is -0.372 e. The third kappa shape index (κ3) is 7.64. The Balaban J connectivity index is 0.00000312. The number of aliphatic imine (C=N–C) groups is 1. The van der Waals surface area contributed by atoms with Crippen LogP contribution in [-0.2, 0) is 0 Å². The van der Waals surface area contributed by atoms with E-state index in [0.717, 1.165) is 12.5 Å². The van der Waals surface area contributed by atoms with Crippen molar-refractivity contribution in [1.29, 1.82) is 0 Å². The number of thioether (sulfide) groups is 1. The summed E-state index contributed by atoms with van der Waals surface area (Å²) in [5, 5.41) is 6.92. The fourth-order valence-corrected chi connectivity index (χ4v) is 3.52. The molecule has 0 radical (unpaired) electrons. The lowest BCUT2D eigenvalue weighted by Gasteiger charge is -2.22. The van der Waals surface area contributed by atoms with Crippen LogP contribution in [-0.4, -0.2) is 44.7 Å². The number of guanidine groups is 1. The zero-order chi connectivity index (χ0) is 17.2. The summed E-state index contributed by atoms with van der Waals surface area (Å²) in [6.07, 6.45) is 7.21. The monoisotopic (exact) mass is 476 g/mol. The van der Waals surface area contributed by atoms with Crippen LogP contribution in [0.2, 0.25) is 0 Å². The second kappa shape index (κ2) is 12.7. The predicted molar refractivity (Wildman–Crippen MR) is 124 cm³/mol. The molecule has 1 aromatic rings. The van der Waals surface area contributed by atoms with Crippen molar-refractivity contribution in [2.75, 3.05) is 43.6 Å². The molecule has 0 aliphatic carbocycles. The van der Waals surface area contributed by atoms with Crippen LogP contribution in [0, 0.1) is 0 Å². The standard InChI is InChI=1S/C19H32N4S.HI/c1-16(22-19(20-2)21-11-4-7-14-24-3)17-9-8-10-18(15-17)23-12-5-6-13-23;/h8-10,15-16H,4-7,11-14H2,1-3H3,(H2,20,21,22);1H. The van der Waals surface area contributed by atoms with E-state index in [4.69, 9.17) is 0 Å². The topological polar surface area (TPSA) is 39.7 Å². The number of nitrogens with one attached hydrogen (secondary N) is 2. The van der Waals surface area contributed by atoms with Crippen LogP contribution < -0.4 is 15.5 Å². The molecule has 4 nitrogen and oxygen atoms in total. The number of benzene rings is 1. The molecule has 0 amide bonds. The zero-order valence-corrected chi connectivity index (χ0v) is 18.9. The van der Waals surface area contributed by atoms with E-state index in [9.17, 15) is 0 Å². The number of rotatable bonds is 8. The summed E-state index contributed by atoms with van der Waals surface area (Å²) in [4.78, 5) is 6.83. The van der Waals surface area contributed by atoms with Gasteiger partial charge in [-0.1, -0.05) is 12.1 Å². The fraction of sp³-hybridized carbons (Fsp3) is 0.632. The van der Waals surface area contributed by atoms with Crippen molar-refractivity contribution >= 4 is 47.4 Å². The predicted octanol–water partition coefficient (Wildman–Crippen LogP) is 4.27. The van der Waals surface area contributed by atoms with Gasteiger partial charge in [-0.3, -0.25) is 4.99 Å². The first-order valence-corrected chi connectivity index (χ1v) is 10.4. The molecule has 0 spiro atoms. The highest BCUT2D eigenvalue weighted by atomic mass is 127. The molecule has 1 aliphatic rings. The minimum absolute atomic E-state index is 0. The lowest BCUT2D eigenvalue weighted by atomic mass is 10.1. The molecule has 0 saturated carbocycles. The normalized spacial score (nSPS) is 15.6. The van der Waals surface area contributed by atoms with Crippen molar-refractivity contribution in [2.24, 2.45) is 4.99 Å². The summed E-state index contributed by atoms with van der Waals surface area (Å²) >= 11 is 1.91. The van der Waals surface area contributed by atoms with E-state index in [-0.39, 0.29) is 30.0 Å². The molecule has 6 heteroatoms. The molecule has 25 heavy (non-hydrogen) atoms. The Bertz CT molecular complexity index is 518. The van der Waals surface area contributed by atoms with Gasteiger partial charge < -0.3 is 15.5 Å². The van der Waals surface area contributed by atoms with E-state index in [1.54, 1.807) is 0 Å². The highest BCUT2D eigenvalue weighted by Gasteiger charge is 2.14. The van der Waals surface area contributed by atoms with E-state index < -0.39 is 0 Å². The Morgan fingerprint density at radius 2 is 2.04 bits per heavy atom. The van der Waals surface area contributed by atoms with E-state index in [2.05, 4.69) is 58.0 Å². The van der Waals surface area contributed by atoms with Crippen LogP contribution in [0.1, 0.15) is 44.2 Å². The highest BCUT2D eigenvalue weighted by Crippen LogP contribution is 2.23. The van der Waals surface area contributed by atoms with Gasteiger partial charge in [0.15, 0.2) is 5.96 Å². The van der Waals surface area contributed by atoms with E-state index in [1.807, 2.05) is 18.8 Å². The van der Waals surface area contributed by atoms with Crippen molar-refractivity contribution in [3.63, 3.8) is 0 Å². The molecular formula is C19H33IN4S. The summed E-state index contributed by atoms with van der Waals surface area (Å²) < 4.78 is 0. The van der Waals surface area contributed by atoms with Crippen LogP contribution in [0.4, 0.5) is 5.69 Å². The number of hydrogen-bond acceptors (Lipinski definition) is 3. The summed E-state index contributed by atoms with van der Waals surface area (Å²) in [5.41, 5.74) is 2.66. The first kappa shape index (κ1) is 22.4. The second-order valence-electron chi connectivity index (χ2n) is 6.35. The van der Waals surface area contributed by atoms with Crippen molar-refractivity contribution in [3.8, 4) is 0 Å². The Kier molecular flexibility index (Phi) is 11.4. The molecule has 0 bridgehead atoms. The lowest BCUT2D eigenvalue weighted by Crippen LogP contribution is -2.39. The summed E-state index contributed by atoms with van der Waals surface area (Å²) in [5.74, 6) is 2.12. The van der Waals surface area contributed by atoms with Crippen LogP contribution in [0.3, 0.4) is 0 Å². The maximum absolute atomic E-state index is 4.35.